The largest absolute Gasteiger partial charge is 0.480 e. The third-order valence-electron chi connectivity index (χ3n) is 3.05. The normalized spacial score (nSPS) is 24.0. The Labute approximate surface area is 106 Å². The van der Waals surface area contributed by atoms with Crippen LogP contribution in [0.15, 0.2) is 4.99 Å². The Bertz CT molecular complexity index is 386. The zero-order chi connectivity index (χ0) is 13.7. The van der Waals surface area contributed by atoms with Gasteiger partial charge in [0.1, 0.15) is 23.5 Å². The Hall–Kier alpha value is -1.52. The van der Waals surface area contributed by atoms with Gasteiger partial charge in [0.2, 0.25) is 0 Å². The molecule has 5 heteroatoms. The molecule has 100 valence electrons. The van der Waals surface area contributed by atoms with Gasteiger partial charge in [-0.05, 0) is 26.2 Å². The molecule has 0 radical (unpaired) electrons. The van der Waals surface area contributed by atoms with Crippen LogP contribution in [0.25, 0.3) is 0 Å². The van der Waals surface area contributed by atoms with Crippen molar-refractivity contribution < 1.29 is 19.5 Å². The molecule has 1 fully saturated rings. The highest BCUT2D eigenvalue weighted by molar-refractivity contribution is 6.22. The molecule has 18 heavy (non-hydrogen) atoms. The molecule has 2 atom stereocenters. The fraction of sp³-hybridized carbons (Fsp3) is 0.692. The van der Waals surface area contributed by atoms with Gasteiger partial charge in [0.05, 0.1) is 0 Å². The molecule has 1 saturated carbocycles. The van der Waals surface area contributed by atoms with Gasteiger partial charge in [-0.15, -0.1) is 0 Å². The highest BCUT2D eigenvalue weighted by Gasteiger charge is 2.34. The Morgan fingerprint density at radius 1 is 1.44 bits per heavy atom. The number of hydrogen-bond acceptors (Lipinski definition) is 4. The third-order valence-corrected chi connectivity index (χ3v) is 3.05. The van der Waals surface area contributed by atoms with Crippen molar-refractivity contribution in [1.82, 2.24) is 0 Å². The van der Waals surface area contributed by atoms with E-state index in [-0.39, 0.29) is 11.6 Å². The number of carboxylic acid groups (broad SMARTS) is 1. The van der Waals surface area contributed by atoms with E-state index >= 15 is 0 Å². The summed E-state index contributed by atoms with van der Waals surface area (Å²) in [7, 11) is 0. The van der Waals surface area contributed by atoms with Gasteiger partial charge in [-0.2, -0.15) is 0 Å². The van der Waals surface area contributed by atoms with Gasteiger partial charge < -0.3 is 5.11 Å². The molecule has 1 N–H and O–H groups in total. The fourth-order valence-electron chi connectivity index (χ4n) is 2.12. The monoisotopic (exact) mass is 253 g/mol. The number of Topliss-reactive ketones (excluding diaryl/α,β-unsaturated/α-hetero) is 2. The first-order chi connectivity index (χ1) is 8.47. The van der Waals surface area contributed by atoms with E-state index in [1.165, 1.54) is 6.92 Å². The van der Waals surface area contributed by atoms with E-state index in [0.29, 0.717) is 37.8 Å². The lowest BCUT2D eigenvalue weighted by molar-refractivity contribution is -0.138. The molecule has 5 nitrogen and oxygen atoms in total. The van der Waals surface area contributed by atoms with Crippen LogP contribution in [0.4, 0.5) is 0 Å². The second-order valence-corrected chi connectivity index (χ2v) is 4.60. The van der Waals surface area contributed by atoms with Crippen molar-refractivity contribution in [2.24, 2.45) is 10.9 Å². The number of nitrogens with zero attached hydrogens (tertiary/aromatic N) is 1. The van der Waals surface area contributed by atoms with Crippen molar-refractivity contribution in [3.8, 4) is 0 Å². The minimum absolute atomic E-state index is 0.115. The summed E-state index contributed by atoms with van der Waals surface area (Å²) in [5.41, 5.74) is 0.458. The fourth-order valence-corrected chi connectivity index (χ4v) is 2.12. The molecular weight excluding hydrogens is 234 g/mol. The van der Waals surface area contributed by atoms with E-state index in [0.717, 1.165) is 0 Å². The van der Waals surface area contributed by atoms with Crippen LogP contribution in [0.3, 0.4) is 0 Å². The molecular formula is C13H19NO4. The molecule has 0 heterocycles. The Balaban J connectivity index is 2.95. The van der Waals surface area contributed by atoms with Crippen molar-refractivity contribution in [2.45, 2.75) is 52.0 Å². The third kappa shape index (κ3) is 3.48. The molecule has 1 aliphatic carbocycles. The summed E-state index contributed by atoms with van der Waals surface area (Å²) in [6.45, 7) is 3.33. The quantitative estimate of drug-likeness (QED) is 0.755. The summed E-state index contributed by atoms with van der Waals surface area (Å²) < 4.78 is 0. The lowest BCUT2D eigenvalue weighted by Gasteiger charge is -2.22. The molecule has 0 spiro atoms. The molecule has 1 aliphatic rings. The zero-order valence-corrected chi connectivity index (χ0v) is 10.8. The summed E-state index contributed by atoms with van der Waals surface area (Å²) in [4.78, 5) is 38.6. The molecule has 0 amide bonds. The van der Waals surface area contributed by atoms with Crippen LogP contribution in [0.2, 0.25) is 0 Å². The lowest BCUT2D eigenvalue weighted by atomic mass is 9.81. The maximum Gasteiger partial charge on any atom is 0.328 e. The standard InChI is InChI=1S/C13H19NO4/c1-3-5-10(15)12-9(6-4-7-11(12)16)14-8(2)13(17)18/h8,12H,3-7H2,1-2H3,(H,17,18)/t8-,12-/m1/s1. The highest BCUT2D eigenvalue weighted by atomic mass is 16.4. The van der Waals surface area contributed by atoms with Gasteiger partial charge >= 0.3 is 5.97 Å². The van der Waals surface area contributed by atoms with Crippen LogP contribution in [-0.2, 0) is 14.4 Å². The predicted octanol–water partition coefficient (Wildman–Crippen LogP) is 1.64. The Morgan fingerprint density at radius 3 is 2.67 bits per heavy atom. The molecule has 0 unspecified atom stereocenters. The van der Waals surface area contributed by atoms with E-state index in [9.17, 15) is 14.4 Å². The van der Waals surface area contributed by atoms with Gasteiger partial charge in [-0.3, -0.25) is 14.6 Å². The zero-order valence-electron chi connectivity index (χ0n) is 10.8. The van der Waals surface area contributed by atoms with Crippen LogP contribution in [-0.4, -0.2) is 34.4 Å². The van der Waals surface area contributed by atoms with Crippen LogP contribution in [0, 0.1) is 5.92 Å². The number of ketones is 2. The lowest BCUT2D eigenvalue weighted by Crippen LogP contribution is -2.36. The maximum atomic E-state index is 11.9. The molecule has 0 aromatic heterocycles. The molecule has 0 saturated heterocycles. The molecule has 0 aliphatic heterocycles. The van der Waals surface area contributed by atoms with Gasteiger partial charge in [0.25, 0.3) is 0 Å². The Morgan fingerprint density at radius 2 is 2.11 bits per heavy atom. The summed E-state index contributed by atoms with van der Waals surface area (Å²) in [6.07, 6.45) is 2.62. The highest BCUT2D eigenvalue weighted by Crippen LogP contribution is 2.22. The van der Waals surface area contributed by atoms with E-state index < -0.39 is 17.9 Å². The predicted molar refractivity (Wildman–Crippen MR) is 66.8 cm³/mol. The summed E-state index contributed by atoms with van der Waals surface area (Å²) >= 11 is 0. The van der Waals surface area contributed by atoms with Crippen molar-refractivity contribution in [3.05, 3.63) is 0 Å². The smallest absolute Gasteiger partial charge is 0.328 e. The first kappa shape index (κ1) is 14.5. The minimum atomic E-state index is -1.04. The summed E-state index contributed by atoms with van der Waals surface area (Å²) in [5, 5.41) is 8.83. The van der Waals surface area contributed by atoms with E-state index in [4.69, 9.17) is 5.11 Å². The number of hydrogen-bond donors (Lipinski definition) is 1. The van der Waals surface area contributed by atoms with Crippen molar-refractivity contribution in [1.29, 1.82) is 0 Å². The van der Waals surface area contributed by atoms with E-state index in [1.807, 2.05) is 6.92 Å². The number of aliphatic imine (C=N–C) groups is 1. The second-order valence-electron chi connectivity index (χ2n) is 4.60. The van der Waals surface area contributed by atoms with Crippen LogP contribution < -0.4 is 0 Å². The molecule has 0 aromatic carbocycles. The number of carbonyl (C=O) groups is 3. The van der Waals surface area contributed by atoms with Crippen LogP contribution >= 0.6 is 0 Å². The Kier molecular flexibility index (Phi) is 5.19. The summed E-state index contributed by atoms with van der Waals surface area (Å²) in [6, 6.07) is -0.900. The molecule has 0 aromatic rings. The van der Waals surface area contributed by atoms with Gasteiger partial charge in [-0.1, -0.05) is 6.92 Å². The van der Waals surface area contributed by atoms with Gasteiger partial charge in [0.15, 0.2) is 0 Å². The maximum absolute atomic E-state index is 11.9. The van der Waals surface area contributed by atoms with Crippen LogP contribution in [0.5, 0.6) is 0 Å². The van der Waals surface area contributed by atoms with Crippen molar-refractivity contribution >= 4 is 23.2 Å². The minimum Gasteiger partial charge on any atom is -0.480 e. The van der Waals surface area contributed by atoms with Crippen molar-refractivity contribution in [2.75, 3.05) is 0 Å². The molecule has 1 rings (SSSR count). The topological polar surface area (TPSA) is 83.8 Å². The van der Waals surface area contributed by atoms with Gasteiger partial charge in [-0.25, -0.2) is 4.79 Å². The first-order valence-corrected chi connectivity index (χ1v) is 6.32. The van der Waals surface area contributed by atoms with Crippen LogP contribution in [0.1, 0.15) is 46.0 Å². The average molecular weight is 253 g/mol. The average Bonchev–Trinajstić information content (AvgIpc) is 2.29. The first-order valence-electron chi connectivity index (χ1n) is 6.32. The second kappa shape index (κ2) is 6.42. The van der Waals surface area contributed by atoms with Crippen molar-refractivity contribution in [3.63, 3.8) is 0 Å². The SMILES string of the molecule is CCCC(=O)[C@@H]1C(=O)CCCC1=N[C@H](C)C(=O)O. The molecule has 0 bridgehead atoms. The number of aliphatic carboxylic acids is 1. The number of carboxylic acids is 1. The van der Waals surface area contributed by atoms with E-state index in [2.05, 4.69) is 4.99 Å². The van der Waals surface area contributed by atoms with E-state index in [1.54, 1.807) is 0 Å². The van der Waals surface area contributed by atoms with Gasteiger partial charge in [0, 0.05) is 18.6 Å². The summed E-state index contributed by atoms with van der Waals surface area (Å²) in [5.74, 6) is -2.07. The number of rotatable bonds is 5. The number of carbonyl (C=O) groups excluding carboxylic acids is 2.